The third-order valence-electron chi connectivity index (χ3n) is 4.86. The Morgan fingerprint density at radius 2 is 2.00 bits per heavy atom. The quantitative estimate of drug-likeness (QED) is 0.652. The topological polar surface area (TPSA) is 85.4 Å². The van der Waals surface area contributed by atoms with E-state index in [0.717, 1.165) is 24.9 Å². The minimum Gasteiger partial charge on any atom is -0.497 e. The summed E-state index contributed by atoms with van der Waals surface area (Å²) in [5, 5.41) is 6.16. The molecule has 1 aromatic heterocycles. The van der Waals surface area contributed by atoms with Crippen LogP contribution in [0.25, 0.3) is 0 Å². The Morgan fingerprint density at radius 3 is 2.72 bits per heavy atom. The Kier molecular flexibility index (Phi) is 7.05. The van der Waals surface area contributed by atoms with Gasteiger partial charge in [-0.1, -0.05) is 11.6 Å². The molecule has 7 heteroatoms. The van der Waals surface area contributed by atoms with Gasteiger partial charge in [-0.15, -0.1) is 0 Å². The Morgan fingerprint density at radius 1 is 1.14 bits per heavy atom. The van der Waals surface area contributed by atoms with Crippen molar-refractivity contribution in [3.8, 4) is 11.5 Å². The van der Waals surface area contributed by atoms with E-state index in [0.29, 0.717) is 35.4 Å². The normalized spacial score (nSPS) is 13.4. The van der Waals surface area contributed by atoms with Crippen LogP contribution in [0.4, 0.5) is 11.5 Å². The second-order valence-corrected chi connectivity index (χ2v) is 6.99. The molecule has 7 nitrogen and oxygen atoms in total. The minimum absolute atomic E-state index is 0.198. The summed E-state index contributed by atoms with van der Waals surface area (Å²) >= 11 is 0. The Hall–Kier alpha value is -3.09. The van der Waals surface area contributed by atoms with E-state index in [1.54, 1.807) is 33.3 Å². The van der Waals surface area contributed by atoms with Crippen molar-refractivity contribution in [3.05, 3.63) is 47.4 Å². The van der Waals surface area contributed by atoms with E-state index < -0.39 is 0 Å². The molecule has 0 atom stereocenters. The minimum atomic E-state index is -0.198. The fourth-order valence-electron chi connectivity index (χ4n) is 3.35. The molecular weight excluding hydrogens is 368 g/mol. The predicted octanol–water partition coefficient (Wildman–Crippen LogP) is 4.17. The standard InChI is InChI=1S/C22H28N4O3/c1-15-24-19(22(27)23-12-11-16-7-5-4-6-8-16)14-21(25-15)26-18-10-9-17(28-2)13-20(18)29-3/h7,9-10,13-14H,4-6,8,11-12H2,1-3H3,(H,23,27)(H,24,25,26). The summed E-state index contributed by atoms with van der Waals surface area (Å²) in [5.74, 6) is 2.16. The van der Waals surface area contributed by atoms with Gasteiger partial charge in [0.05, 0.1) is 19.9 Å². The van der Waals surface area contributed by atoms with E-state index in [2.05, 4.69) is 26.7 Å². The summed E-state index contributed by atoms with van der Waals surface area (Å²) in [6.45, 7) is 2.38. The molecule has 1 heterocycles. The van der Waals surface area contributed by atoms with Crippen LogP contribution in [0.15, 0.2) is 35.9 Å². The van der Waals surface area contributed by atoms with Crippen LogP contribution in [0.1, 0.15) is 48.4 Å². The van der Waals surface area contributed by atoms with Gasteiger partial charge in [0.1, 0.15) is 28.8 Å². The Bertz CT molecular complexity index is 896. The highest BCUT2D eigenvalue weighted by Gasteiger charge is 2.13. The van der Waals surface area contributed by atoms with Crippen molar-refractivity contribution >= 4 is 17.4 Å². The lowest BCUT2D eigenvalue weighted by Gasteiger charge is -2.14. The number of carbonyl (C=O) groups is 1. The second kappa shape index (κ2) is 9.91. The molecule has 29 heavy (non-hydrogen) atoms. The highest BCUT2D eigenvalue weighted by atomic mass is 16.5. The smallest absolute Gasteiger partial charge is 0.270 e. The van der Waals surface area contributed by atoms with Crippen molar-refractivity contribution < 1.29 is 14.3 Å². The predicted molar refractivity (Wildman–Crippen MR) is 113 cm³/mol. The van der Waals surface area contributed by atoms with Crippen LogP contribution in [0.5, 0.6) is 11.5 Å². The number of hydrogen-bond donors (Lipinski definition) is 2. The van der Waals surface area contributed by atoms with Gasteiger partial charge in [-0.2, -0.15) is 0 Å². The largest absolute Gasteiger partial charge is 0.497 e. The molecule has 0 unspecified atom stereocenters. The molecule has 2 N–H and O–H groups in total. The number of nitrogens with one attached hydrogen (secondary N) is 2. The molecule has 3 rings (SSSR count). The lowest BCUT2D eigenvalue weighted by Crippen LogP contribution is -2.26. The Labute approximate surface area is 171 Å². The number of aromatic nitrogens is 2. The van der Waals surface area contributed by atoms with Crippen LogP contribution in [0, 0.1) is 6.92 Å². The summed E-state index contributed by atoms with van der Waals surface area (Å²) in [6.07, 6.45) is 8.00. The molecule has 0 saturated heterocycles. The zero-order valence-corrected chi connectivity index (χ0v) is 17.2. The van der Waals surface area contributed by atoms with Crippen LogP contribution in [-0.4, -0.2) is 36.6 Å². The number of carbonyl (C=O) groups excluding carboxylic acids is 1. The van der Waals surface area contributed by atoms with E-state index >= 15 is 0 Å². The molecule has 2 aromatic rings. The number of rotatable bonds is 8. The molecule has 0 aliphatic heterocycles. The lowest BCUT2D eigenvalue weighted by atomic mass is 9.97. The van der Waals surface area contributed by atoms with Crippen LogP contribution >= 0.6 is 0 Å². The fourth-order valence-corrected chi connectivity index (χ4v) is 3.35. The van der Waals surface area contributed by atoms with Crippen molar-refractivity contribution in [2.75, 3.05) is 26.1 Å². The van der Waals surface area contributed by atoms with Crippen molar-refractivity contribution in [2.45, 2.75) is 39.0 Å². The number of ether oxygens (including phenoxy) is 2. The first kappa shape index (κ1) is 20.6. The molecule has 154 valence electrons. The van der Waals surface area contributed by atoms with Gasteiger partial charge in [-0.05, 0) is 51.2 Å². The molecule has 0 saturated carbocycles. The van der Waals surface area contributed by atoms with Gasteiger partial charge in [0.25, 0.3) is 5.91 Å². The monoisotopic (exact) mass is 396 g/mol. The highest BCUT2D eigenvalue weighted by Crippen LogP contribution is 2.31. The molecule has 0 spiro atoms. The number of nitrogens with zero attached hydrogens (tertiary/aromatic N) is 2. The summed E-state index contributed by atoms with van der Waals surface area (Å²) in [4.78, 5) is 21.2. The van der Waals surface area contributed by atoms with Crippen molar-refractivity contribution in [3.63, 3.8) is 0 Å². The van der Waals surface area contributed by atoms with E-state index in [4.69, 9.17) is 9.47 Å². The number of anilines is 2. The third-order valence-corrected chi connectivity index (χ3v) is 4.86. The molecule has 0 bridgehead atoms. The molecule has 1 aliphatic carbocycles. The third kappa shape index (κ3) is 5.70. The number of amides is 1. The molecule has 1 aliphatic rings. The van der Waals surface area contributed by atoms with Gasteiger partial charge in [0, 0.05) is 18.7 Å². The van der Waals surface area contributed by atoms with Crippen LogP contribution in [-0.2, 0) is 0 Å². The lowest BCUT2D eigenvalue weighted by molar-refractivity contribution is 0.0948. The van der Waals surface area contributed by atoms with Crippen molar-refractivity contribution in [1.29, 1.82) is 0 Å². The van der Waals surface area contributed by atoms with Crippen molar-refractivity contribution in [2.24, 2.45) is 0 Å². The average Bonchev–Trinajstić information content (AvgIpc) is 2.74. The fraction of sp³-hybridized carbons (Fsp3) is 0.409. The number of benzene rings is 1. The summed E-state index contributed by atoms with van der Waals surface area (Å²) in [7, 11) is 3.19. The van der Waals surface area contributed by atoms with Gasteiger partial charge < -0.3 is 20.1 Å². The SMILES string of the molecule is COc1ccc(Nc2cc(C(=O)NCCC3=CCCCC3)nc(C)n2)c(OC)c1. The van der Waals surface area contributed by atoms with Gasteiger partial charge in [0.15, 0.2) is 0 Å². The van der Waals surface area contributed by atoms with Gasteiger partial charge >= 0.3 is 0 Å². The summed E-state index contributed by atoms with van der Waals surface area (Å²) in [5.41, 5.74) is 2.50. The number of hydrogen-bond acceptors (Lipinski definition) is 6. The van der Waals surface area contributed by atoms with E-state index in [9.17, 15) is 4.79 Å². The maximum absolute atomic E-state index is 12.6. The van der Waals surface area contributed by atoms with E-state index in [1.807, 2.05) is 12.1 Å². The van der Waals surface area contributed by atoms with Gasteiger partial charge in [-0.3, -0.25) is 4.79 Å². The van der Waals surface area contributed by atoms with E-state index in [1.165, 1.54) is 18.4 Å². The molecule has 0 fully saturated rings. The first-order valence-corrected chi connectivity index (χ1v) is 9.90. The second-order valence-electron chi connectivity index (χ2n) is 6.99. The first-order chi connectivity index (χ1) is 14.1. The van der Waals surface area contributed by atoms with Crippen LogP contribution < -0.4 is 20.1 Å². The first-order valence-electron chi connectivity index (χ1n) is 9.90. The average molecular weight is 396 g/mol. The highest BCUT2D eigenvalue weighted by molar-refractivity contribution is 5.93. The van der Waals surface area contributed by atoms with Crippen LogP contribution in [0.2, 0.25) is 0 Å². The maximum Gasteiger partial charge on any atom is 0.270 e. The summed E-state index contributed by atoms with van der Waals surface area (Å²) in [6, 6.07) is 7.09. The number of methoxy groups -OCH3 is 2. The maximum atomic E-state index is 12.6. The number of aryl methyl sites for hydroxylation is 1. The van der Waals surface area contributed by atoms with Gasteiger partial charge in [0.2, 0.25) is 0 Å². The van der Waals surface area contributed by atoms with Crippen LogP contribution in [0.3, 0.4) is 0 Å². The zero-order valence-electron chi connectivity index (χ0n) is 17.2. The molecule has 0 radical (unpaired) electrons. The molecular formula is C22H28N4O3. The van der Waals surface area contributed by atoms with E-state index in [-0.39, 0.29) is 5.91 Å². The molecule has 1 aromatic carbocycles. The van der Waals surface area contributed by atoms with Crippen molar-refractivity contribution in [1.82, 2.24) is 15.3 Å². The zero-order chi connectivity index (χ0) is 20.6. The number of allylic oxidation sites excluding steroid dienone is 1. The Balaban J connectivity index is 1.67. The van der Waals surface area contributed by atoms with Gasteiger partial charge in [-0.25, -0.2) is 9.97 Å². The summed E-state index contributed by atoms with van der Waals surface area (Å²) < 4.78 is 10.6. The molecule has 1 amide bonds.